The summed E-state index contributed by atoms with van der Waals surface area (Å²) in [6, 6.07) is 30.4. The highest BCUT2D eigenvalue weighted by Crippen LogP contribution is 2.42. The van der Waals surface area contributed by atoms with Gasteiger partial charge in [-0.3, -0.25) is 4.55 Å². The Morgan fingerprint density at radius 3 is 1.39 bits per heavy atom. The maximum absolute atomic E-state index is 11.9. The zero-order chi connectivity index (χ0) is 24.9. The van der Waals surface area contributed by atoms with Crippen LogP contribution in [0.1, 0.15) is 5.56 Å². The van der Waals surface area contributed by atoms with Crippen LogP contribution >= 0.6 is 0 Å². The van der Waals surface area contributed by atoms with Crippen LogP contribution in [0.2, 0.25) is 0 Å². The minimum Gasteiger partial charge on any atom is -0.281 e. The monoisotopic (exact) mass is 509 g/mol. The Kier molecular flexibility index (Phi) is 8.61. The van der Waals surface area contributed by atoms with Crippen molar-refractivity contribution in [3.8, 4) is 0 Å². The highest BCUT2D eigenvalue weighted by molar-refractivity contribution is 7.97. The third-order valence-corrected chi connectivity index (χ3v) is 7.35. The lowest BCUT2D eigenvalue weighted by molar-refractivity contribution is -0.227. The summed E-state index contributed by atoms with van der Waals surface area (Å²) < 4.78 is 96.5. The maximum atomic E-state index is 11.9. The molecule has 3 aromatic carbocycles. The molecule has 3 rings (SSSR count). The highest BCUT2D eigenvalue weighted by atomic mass is 32.2. The molecule has 3 nitrogen and oxygen atoms in total. The summed E-state index contributed by atoms with van der Waals surface area (Å²) in [5, 5.41) is -6.20. The number of rotatable bonds is 6. The fourth-order valence-electron chi connectivity index (χ4n) is 2.49. The lowest BCUT2D eigenvalue weighted by Crippen LogP contribution is -2.51. The lowest BCUT2D eigenvalue weighted by Gasteiger charge is -2.22. The van der Waals surface area contributed by atoms with Crippen LogP contribution in [0.25, 0.3) is 0 Å². The van der Waals surface area contributed by atoms with Gasteiger partial charge >= 0.3 is 27.7 Å². The van der Waals surface area contributed by atoms with E-state index in [0.717, 1.165) is 0 Å². The van der Waals surface area contributed by atoms with Crippen molar-refractivity contribution >= 4 is 21.0 Å². The highest BCUT2D eigenvalue weighted by Gasteiger charge is 2.70. The van der Waals surface area contributed by atoms with E-state index in [1.54, 1.807) is 0 Å². The Labute approximate surface area is 190 Å². The van der Waals surface area contributed by atoms with Gasteiger partial charge in [-0.25, -0.2) is 8.78 Å². The standard InChI is InChI=1S/C19H17S.C3H2F6O3S/c1-16-12-14-19(15-13-16)20(17-8-4-2-5-9-17)18-10-6-3-7-11-18;4-1(5)2(6,7)3(8,9)13(10,11)12/h2-15H,1H3;1H,(H,10,11,12)/q+1;. The van der Waals surface area contributed by atoms with Gasteiger partial charge in [0.15, 0.2) is 14.7 Å². The molecule has 0 spiro atoms. The summed E-state index contributed by atoms with van der Waals surface area (Å²) in [5.41, 5.74) is 1.30. The third kappa shape index (κ3) is 6.30. The quantitative estimate of drug-likeness (QED) is 0.236. The molecule has 0 aliphatic carbocycles. The van der Waals surface area contributed by atoms with Crippen LogP contribution in [-0.2, 0) is 21.0 Å². The van der Waals surface area contributed by atoms with Crippen molar-refractivity contribution in [1.82, 2.24) is 0 Å². The summed E-state index contributed by atoms with van der Waals surface area (Å²) >= 11 is 0. The second-order valence-electron chi connectivity index (χ2n) is 6.66. The zero-order valence-electron chi connectivity index (χ0n) is 17.0. The predicted octanol–water partition coefficient (Wildman–Crippen LogP) is 6.46. The summed E-state index contributed by atoms with van der Waals surface area (Å²) in [6.45, 7) is 2.13. The Hall–Kier alpha value is -2.50. The van der Waals surface area contributed by atoms with Crippen molar-refractivity contribution in [2.24, 2.45) is 0 Å². The number of aryl methyl sites for hydroxylation is 1. The molecular weight excluding hydrogens is 490 g/mol. The molecule has 0 aliphatic heterocycles. The smallest absolute Gasteiger partial charge is 0.281 e. The third-order valence-electron chi connectivity index (χ3n) is 4.20. The summed E-state index contributed by atoms with van der Waals surface area (Å²) in [6.07, 6.45) is -4.90. The van der Waals surface area contributed by atoms with Crippen LogP contribution < -0.4 is 0 Å². The first-order chi connectivity index (χ1) is 15.3. The maximum Gasteiger partial charge on any atom is 0.437 e. The van der Waals surface area contributed by atoms with Gasteiger partial charge in [0.2, 0.25) is 0 Å². The SMILES string of the molecule is Cc1ccc([S+](c2ccccc2)c2ccccc2)cc1.O=S(=O)(O)C(F)(F)C(F)(F)C(F)F. The topological polar surface area (TPSA) is 54.4 Å². The van der Waals surface area contributed by atoms with Crippen LogP contribution in [-0.4, -0.2) is 30.6 Å². The molecule has 0 radical (unpaired) electrons. The number of benzene rings is 3. The number of hydrogen-bond acceptors (Lipinski definition) is 2. The van der Waals surface area contributed by atoms with Crippen LogP contribution in [0.3, 0.4) is 0 Å². The predicted molar refractivity (Wildman–Crippen MR) is 114 cm³/mol. The van der Waals surface area contributed by atoms with Crippen molar-refractivity contribution in [1.29, 1.82) is 0 Å². The van der Waals surface area contributed by atoms with Gasteiger partial charge in [-0.05, 0) is 43.3 Å². The number of hydrogen-bond donors (Lipinski definition) is 1. The average Bonchev–Trinajstić information content (AvgIpc) is 2.76. The Morgan fingerprint density at radius 1 is 0.727 bits per heavy atom. The van der Waals surface area contributed by atoms with E-state index in [0.29, 0.717) is 0 Å². The molecule has 0 unspecified atom stereocenters. The van der Waals surface area contributed by atoms with Gasteiger partial charge in [0.25, 0.3) is 0 Å². The molecule has 178 valence electrons. The fourth-order valence-corrected chi connectivity index (χ4v) is 5.01. The van der Waals surface area contributed by atoms with Gasteiger partial charge in [-0.1, -0.05) is 54.1 Å². The number of alkyl halides is 6. The normalized spacial score (nSPS) is 12.4. The molecular formula is C22H19F6O3S2+. The second kappa shape index (κ2) is 10.6. The number of halogens is 6. The van der Waals surface area contributed by atoms with Gasteiger partial charge < -0.3 is 0 Å². The van der Waals surface area contributed by atoms with E-state index in [1.807, 2.05) is 0 Å². The first kappa shape index (κ1) is 26.7. The molecule has 1 N–H and O–H groups in total. The molecule has 33 heavy (non-hydrogen) atoms. The lowest BCUT2D eigenvalue weighted by atomic mass is 10.2. The molecule has 11 heteroatoms. The molecule has 0 aromatic heterocycles. The van der Waals surface area contributed by atoms with Gasteiger partial charge in [-0.15, -0.1) is 0 Å². The first-order valence-corrected chi connectivity index (χ1v) is 11.9. The van der Waals surface area contributed by atoms with E-state index >= 15 is 0 Å². The zero-order valence-corrected chi connectivity index (χ0v) is 18.6. The van der Waals surface area contributed by atoms with Crippen LogP contribution in [0, 0.1) is 6.92 Å². The molecule has 0 heterocycles. The largest absolute Gasteiger partial charge is 0.437 e. The van der Waals surface area contributed by atoms with Gasteiger partial charge in [0, 0.05) is 0 Å². The fraction of sp³-hybridized carbons (Fsp3) is 0.182. The van der Waals surface area contributed by atoms with E-state index in [-0.39, 0.29) is 10.9 Å². The van der Waals surface area contributed by atoms with E-state index in [1.165, 1.54) is 20.2 Å². The van der Waals surface area contributed by atoms with E-state index < -0.39 is 27.7 Å². The molecule has 3 aromatic rings. The van der Waals surface area contributed by atoms with Gasteiger partial charge in [-0.2, -0.15) is 26.0 Å². The van der Waals surface area contributed by atoms with Crippen molar-refractivity contribution in [2.75, 3.05) is 0 Å². The van der Waals surface area contributed by atoms with Gasteiger partial charge in [0.1, 0.15) is 0 Å². The molecule has 0 aliphatic rings. The molecule has 0 atom stereocenters. The van der Waals surface area contributed by atoms with Crippen LogP contribution in [0.4, 0.5) is 26.3 Å². The van der Waals surface area contributed by atoms with Crippen LogP contribution in [0.5, 0.6) is 0 Å². The summed E-state index contributed by atoms with van der Waals surface area (Å²) in [7, 11) is -6.59. The van der Waals surface area contributed by atoms with Crippen molar-refractivity contribution in [3.05, 3.63) is 90.5 Å². The summed E-state index contributed by atoms with van der Waals surface area (Å²) in [4.78, 5) is 4.10. The Balaban J connectivity index is 0.000000260. The summed E-state index contributed by atoms with van der Waals surface area (Å²) in [5.74, 6) is -6.12. The second-order valence-corrected chi connectivity index (χ2v) is 10.2. The Morgan fingerprint density at radius 2 is 1.09 bits per heavy atom. The first-order valence-electron chi connectivity index (χ1n) is 9.21. The van der Waals surface area contributed by atoms with Crippen molar-refractivity contribution in [3.63, 3.8) is 0 Å². The van der Waals surface area contributed by atoms with Gasteiger partial charge in [0.05, 0.1) is 10.9 Å². The van der Waals surface area contributed by atoms with Crippen molar-refractivity contribution < 1.29 is 39.3 Å². The van der Waals surface area contributed by atoms with E-state index in [4.69, 9.17) is 4.55 Å². The molecule has 0 fully saturated rings. The Bertz CT molecular complexity index is 1080. The molecule has 0 saturated carbocycles. The average molecular weight is 510 g/mol. The molecule has 0 bridgehead atoms. The van der Waals surface area contributed by atoms with Crippen LogP contribution in [0.15, 0.2) is 99.6 Å². The minimum atomic E-state index is -6.57. The van der Waals surface area contributed by atoms with E-state index in [2.05, 4.69) is 91.9 Å². The minimum absolute atomic E-state index is 0.0229. The molecule has 0 amide bonds. The van der Waals surface area contributed by atoms with E-state index in [9.17, 15) is 34.8 Å². The van der Waals surface area contributed by atoms with Crippen molar-refractivity contribution in [2.45, 2.75) is 39.2 Å². The molecule has 0 saturated heterocycles.